The molecule has 19 heavy (non-hydrogen) atoms. The van der Waals surface area contributed by atoms with Gasteiger partial charge in [0.15, 0.2) is 0 Å². The molecule has 1 N–H and O–H groups in total. The van der Waals surface area contributed by atoms with E-state index >= 15 is 0 Å². The molecule has 1 aliphatic rings. The van der Waals surface area contributed by atoms with Crippen molar-refractivity contribution < 1.29 is 4.79 Å². The van der Waals surface area contributed by atoms with Crippen LogP contribution in [0.25, 0.3) is 0 Å². The van der Waals surface area contributed by atoms with Gasteiger partial charge in [0.05, 0.1) is 18.2 Å². The zero-order valence-corrected chi connectivity index (χ0v) is 12.1. The van der Waals surface area contributed by atoms with Crippen molar-refractivity contribution in [3.63, 3.8) is 0 Å². The summed E-state index contributed by atoms with van der Waals surface area (Å²) in [6.45, 7) is 8.98. The van der Waals surface area contributed by atoms with Crippen LogP contribution in [0.1, 0.15) is 33.4 Å². The first-order chi connectivity index (χ1) is 8.93. The van der Waals surface area contributed by atoms with Gasteiger partial charge < -0.3 is 5.32 Å². The third kappa shape index (κ3) is 3.03. The Bertz CT molecular complexity index is 487. The Hall–Kier alpha value is -1.64. The lowest BCUT2D eigenvalue weighted by Crippen LogP contribution is -2.26. The number of nitrogens with one attached hydrogen (secondary N) is 1. The summed E-state index contributed by atoms with van der Waals surface area (Å²) < 4.78 is 0. The highest BCUT2D eigenvalue weighted by Crippen LogP contribution is 2.59. The minimum Gasteiger partial charge on any atom is -0.350 e. The average Bonchev–Trinajstić information content (AvgIpc) is 2.88. The summed E-state index contributed by atoms with van der Waals surface area (Å²) in [7, 11) is 0. The van der Waals surface area contributed by atoms with E-state index in [9.17, 15) is 4.79 Å². The second-order valence-electron chi connectivity index (χ2n) is 6.11. The summed E-state index contributed by atoms with van der Waals surface area (Å²) >= 11 is 0. The Balaban J connectivity index is 1.93. The molecule has 2 rings (SSSR count). The van der Waals surface area contributed by atoms with Crippen molar-refractivity contribution >= 4 is 5.91 Å². The van der Waals surface area contributed by atoms with E-state index in [1.807, 2.05) is 18.2 Å². The molecule has 0 spiro atoms. The van der Waals surface area contributed by atoms with Gasteiger partial charge in [0, 0.05) is 6.20 Å². The summed E-state index contributed by atoms with van der Waals surface area (Å²) in [6.07, 6.45) is 3.96. The molecule has 1 aliphatic carbocycles. The molecule has 0 unspecified atom stereocenters. The summed E-state index contributed by atoms with van der Waals surface area (Å²) in [6, 6.07) is 5.73. The van der Waals surface area contributed by atoms with Gasteiger partial charge in [-0.05, 0) is 37.3 Å². The van der Waals surface area contributed by atoms with E-state index in [1.165, 1.54) is 5.57 Å². The fourth-order valence-corrected chi connectivity index (χ4v) is 2.64. The lowest BCUT2D eigenvalue weighted by atomic mass is 10.1. The zero-order chi connectivity index (χ0) is 14.0. The molecule has 1 heterocycles. The van der Waals surface area contributed by atoms with Crippen molar-refractivity contribution in [3.05, 3.63) is 41.7 Å². The van der Waals surface area contributed by atoms with Gasteiger partial charge in [0.25, 0.3) is 0 Å². The largest absolute Gasteiger partial charge is 0.350 e. The van der Waals surface area contributed by atoms with Crippen LogP contribution in [0.4, 0.5) is 0 Å². The van der Waals surface area contributed by atoms with Gasteiger partial charge in [-0.15, -0.1) is 0 Å². The van der Waals surface area contributed by atoms with Crippen LogP contribution in [0.3, 0.4) is 0 Å². The van der Waals surface area contributed by atoms with Crippen LogP contribution in [-0.4, -0.2) is 10.9 Å². The van der Waals surface area contributed by atoms with Gasteiger partial charge >= 0.3 is 0 Å². The number of carbonyl (C=O) groups excluding carboxylic acids is 1. The van der Waals surface area contributed by atoms with E-state index in [4.69, 9.17) is 0 Å². The minimum atomic E-state index is 0.0749. The third-order valence-electron chi connectivity index (χ3n) is 3.88. The van der Waals surface area contributed by atoms with Crippen molar-refractivity contribution in [3.8, 4) is 0 Å². The SMILES string of the molecule is CC(C)=C[C@H]1[C@H](C(=O)NCc2ccccn2)C1(C)C. The van der Waals surface area contributed by atoms with E-state index in [1.54, 1.807) is 6.20 Å². The van der Waals surface area contributed by atoms with Crippen molar-refractivity contribution in [2.75, 3.05) is 0 Å². The van der Waals surface area contributed by atoms with Gasteiger partial charge in [-0.3, -0.25) is 9.78 Å². The second kappa shape index (κ2) is 5.16. The first kappa shape index (κ1) is 13.8. The van der Waals surface area contributed by atoms with Crippen LogP contribution < -0.4 is 5.32 Å². The van der Waals surface area contributed by atoms with Gasteiger partial charge in [-0.1, -0.05) is 31.6 Å². The number of carbonyl (C=O) groups is 1. The Morgan fingerprint density at radius 1 is 1.42 bits per heavy atom. The number of allylic oxidation sites excluding steroid dienone is 2. The number of hydrogen-bond acceptors (Lipinski definition) is 2. The van der Waals surface area contributed by atoms with Crippen LogP contribution in [0.5, 0.6) is 0 Å². The number of pyridine rings is 1. The Kier molecular flexibility index (Phi) is 3.74. The molecule has 1 amide bonds. The van der Waals surface area contributed by atoms with Crippen molar-refractivity contribution in [1.29, 1.82) is 0 Å². The standard InChI is InChI=1S/C16H22N2O/c1-11(2)9-13-14(16(13,3)4)15(19)18-10-12-7-5-6-8-17-12/h5-9,13-14H,10H2,1-4H3,(H,18,19)/t13-,14+/m0/s1. The lowest BCUT2D eigenvalue weighted by molar-refractivity contribution is -0.123. The first-order valence-corrected chi connectivity index (χ1v) is 6.75. The molecule has 0 saturated heterocycles. The monoisotopic (exact) mass is 258 g/mol. The van der Waals surface area contributed by atoms with Crippen LogP contribution in [0.2, 0.25) is 0 Å². The molecule has 2 atom stereocenters. The molecular formula is C16H22N2O. The van der Waals surface area contributed by atoms with Crippen molar-refractivity contribution in [1.82, 2.24) is 10.3 Å². The lowest BCUT2D eigenvalue weighted by Gasteiger charge is -2.05. The number of hydrogen-bond donors (Lipinski definition) is 1. The Morgan fingerprint density at radius 2 is 2.16 bits per heavy atom. The topological polar surface area (TPSA) is 42.0 Å². The highest BCUT2D eigenvalue weighted by molar-refractivity contribution is 5.83. The number of amides is 1. The zero-order valence-electron chi connectivity index (χ0n) is 12.1. The van der Waals surface area contributed by atoms with Gasteiger partial charge in [0.1, 0.15) is 0 Å². The smallest absolute Gasteiger partial charge is 0.224 e. The fraction of sp³-hybridized carbons (Fsp3) is 0.500. The van der Waals surface area contributed by atoms with Crippen LogP contribution in [0, 0.1) is 17.3 Å². The molecule has 3 heteroatoms. The second-order valence-corrected chi connectivity index (χ2v) is 6.11. The predicted octanol–water partition coefficient (Wildman–Crippen LogP) is 2.94. The normalized spacial score (nSPS) is 23.6. The highest BCUT2D eigenvalue weighted by Gasteiger charge is 2.60. The minimum absolute atomic E-state index is 0.0749. The van der Waals surface area contributed by atoms with Gasteiger partial charge in [0.2, 0.25) is 5.91 Å². The maximum Gasteiger partial charge on any atom is 0.224 e. The predicted molar refractivity (Wildman–Crippen MR) is 76.3 cm³/mol. The van der Waals surface area contributed by atoms with E-state index < -0.39 is 0 Å². The van der Waals surface area contributed by atoms with E-state index in [0.29, 0.717) is 12.5 Å². The van der Waals surface area contributed by atoms with E-state index in [-0.39, 0.29) is 17.2 Å². The molecule has 0 bridgehead atoms. The summed E-state index contributed by atoms with van der Waals surface area (Å²) in [5, 5.41) is 2.99. The molecule has 1 aromatic heterocycles. The molecular weight excluding hydrogens is 236 g/mol. The average molecular weight is 258 g/mol. The maximum atomic E-state index is 12.2. The number of rotatable bonds is 4. The highest BCUT2D eigenvalue weighted by atomic mass is 16.2. The van der Waals surface area contributed by atoms with Gasteiger partial charge in [-0.25, -0.2) is 0 Å². The molecule has 1 fully saturated rings. The molecule has 3 nitrogen and oxygen atoms in total. The van der Waals surface area contributed by atoms with Crippen LogP contribution in [-0.2, 0) is 11.3 Å². The fourth-order valence-electron chi connectivity index (χ4n) is 2.64. The first-order valence-electron chi connectivity index (χ1n) is 6.75. The van der Waals surface area contributed by atoms with E-state index in [0.717, 1.165) is 5.69 Å². The molecule has 0 aliphatic heterocycles. The molecule has 0 radical (unpaired) electrons. The molecule has 102 valence electrons. The Morgan fingerprint density at radius 3 is 2.74 bits per heavy atom. The number of nitrogens with zero attached hydrogens (tertiary/aromatic N) is 1. The summed E-state index contributed by atoms with van der Waals surface area (Å²) in [5.41, 5.74) is 2.25. The number of aromatic nitrogens is 1. The maximum absolute atomic E-state index is 12.2. The quantitative estimate of drug-likeness (QED) is 0.844. The third-order valence-corrected chi connectivity index (χ3v) is 3.88. The molecule has 0 aromatic carbocycles. The summed E-state index contributed by atoms with van der Waals surface area (Å²) in [4.78, 5) is 16.4. The molecule has 1 saturated carbocycles. The van der Waals surface area contributed by atoms with Crippen LogP contribution in [0.15, 0.2) is 36.0 Å². The van der Waals surface area contributed by atoms with Gasteiger partial charge in [-0.2, -0.15) is 0 Å². The Labute approximate surface area is 115 Å². The van der Waals surface area contributed by atoms with Crippen LogP contribution >= 0.6 is 0 Å². The van der Waals surface area contributed by atoms with E-state index in [2.05, 4.69) is 44.1 Å². The van der Waals surface area contributed by atoms with Crippen molar-refractivity contribution in [2.24, 2.45) is 17.3 Å². The molecule has 1 aromatic rings. The van der Waals surface area contributed by atoms with Crippen molar-refractivity contribution in [2.45, 2.75) is 34.2 Å². The summed E-state index contributed by atoms with van der Waals surface area (Å²) in [5.74, 6) is 0.588.